The third kappa shape index (κ3) is 2.66. The lowest BCUT2D eigenvalue weighted by Crippen LogP contribution is -2.47. The van der Waals surface area contributed by atoms with Crippen LogP contribution in [0, 0.1) is 5.95 Å². The van der Waals surface area contributed by atoms with E-state index in [2.05, 4.69) is 31.5 Å². The molecular formula is C11H11BrFN3O2. The molecule has 1 saturated heterocycles. The highest BCUT2D eigenvalue weighted by molar-refractivity contribution is 9.08. The lowest BCUT2D eigenvalue weighted by atomic mass is 10.1. The summed E-state index contributed by atoms with van der Waals surface area (Å²) >= 11 is 3.24. The molecule has 2 heterocycles. The fraction of sp³-hybridized carbons (Fsp3) is 0.364. The van der Waals surface area contributed by atoms with Crippen molar-refractivity contribution in [2.24, 2.45) is 0 Å². The molecule has 1 fully saturated rings. The SMILES string of the molecule is O=C1CCC(Nc2c(CBr)ccnc2F)C(=O)N1. The molecule has 1 aromatic rings. The molecule has 5 nitrogen and oxygen atoms in total. The van der Waals surface area contributed by atoms with Crippen LogP contribution in [-0.4, -0.2) is 22.8 Å². The number of imide groups is 1. The largest absolute Gasteiger partial charge is 0.370 e. The Morgan fingerprint density at radius 2 is 2.33 bits per heavy atom. The standard InChI is InChI=1S/C11H11BrFN3O2/c12-5-6-3-4-14-10(13)9(6)15-7-1-2-8(17)16-11(7)18/h3-4,7,15H,1-2,5H2,(H,16,17,18). The molecule has 1 aromatic heterocycles. The van der Waals surface area contributed by atoms with Crippen LogP contribution in [0.15, 0.2) is 12.3 Å². The van der Waals surface area contributed by atoms with E-state index in [-0.39, 0.29) is 18.0 Å². The van der Waals surface area contributed by atoms with Crippen molar-refractivity contribution >= 4 is 33.4 Å². The van der Waals surface area contributed by atoms with Crippen molar-refractivity contribution in [3.8, 4) is 0 Å². The molecule has 2 N–H and O–H groups in total. The van der Waals surface area contributed by atoms with E-state index in [9.17, 15) is 14.0 Å². The lowest BCUT2D eigenvalue weighted by molar-refractivity contribution is -0.133. The van der Waals surface area contributed by atoms with Crippen LogP contribution in [0.1, 0.15) is 18.4 Å². The van der Waals surface area contributed by atoms with Crippen LogP contribution >= 0.6 is 15.9 Å². The lowest BCUT2D eigenvalue weighted by Gasteiger charge is -2.23. The summed E-state index contributed by atoms with van der Waals surface area (Å²) in [5, 5.41) is 5.47. The number of halogens is 2. The van der Waals surface area contributed by atoms with Crippen LogP contribution in [0.4, 0.5) is 10.1 Å². The molecule has 1 atom stereocenters. The van der Waals surface area contributed by atoms with Crippen molar-refractivity contribution in [1.29, 1.82) is 0 Å². The minimum absolute atomic E-state index is 0.198. The maximum atomic E-state index is 13.6. The van der Waals surface area contributed by atoms with Crippen LogP contribution < -0.4 is 10.6 Å². The van der Waals surface area contributed by atoms with E-state index >= 15 is 0 Å². The summed E-state index contributed by atoms with van der Waals surface area (Å²) in [6.07, 6.45) is 1.96. The van der Waals surface area contributed by atoms with E-state index in [1.165, 1.54) is 6.20 Å². The Morgan fingerprint density at radius 1 is 1.56 bits per heavy atom. The number of pyridine rings is 1. The second kappa shape index (κ2) is 5.43. The molecule has 2 amide bonds. The monoisotopic (exact) mass is 315 g/mol. The van der Waals surface area contributed by atoms with Crippen molar-refractivity contribution < 1.29 is 14.0 Å². The number of rotatable bonds is 3. The Morgan fingerprint density at radius 3 is 3.00 bits per heavy atom. The first-order valence-corrected chi connectivity index (χ1v) is 6.53. The van der Waals surface area contributed by atoms with Gasteiger partial charge in [-0.15, -0.1) is 0 Å². The third-order valence-corrected chi connectivity index (χ3v) is 3.30. The predicted octanol–water partition coefficient (Wildman–Crippen LogP) is 1.33. The highest BCUT2D eigenvalue weighted by Crippen LogP contribution is 2.22. The third-order valence-electron chi connectivity index (χ3n) is 2.69. The number of nitrogens with zero attached hydrogens (tertiary/aromatic N) is 1. The van der Waals surface area contributed by atoms with Crippen LogP contribution in [0.2, 0.25) is 0 Å². The van der Waals surface area contributed by atoms with Crippen LogP contribution in [0.3, 0.4) is 0 Å². The van der Waals surface area contributed by atoms with Crippen molar-refractivity contribution in [3.63, 3.8) is 0 Å². The van der Waals surface area contributed by atoms with Gasteiger partial charge in [0.25, 0.3) is 0 Å². The second-order valence-corrected chi connectivity index (χ2v) is 4.48. The van der Waals surface area contributed by atoms with E-state index in [4.69, 9.17) is 0 Å². The summed E-state index contributed by atoms with van der Waals surface area (Å²) in [6.45, 7) is 0. The van der Waals surface area contributed by atoms with Crippen LogP contribution in [0.5, 0.6) is 0 Å². The zero-order valence-corrected chi connectivity index (χ0v) is 11.0. The fourth-order valence-corrected chi connectivity index (χ4v) is 2.21. The Hall–Kier alpha value is -1.50. The van der Waals surface area contributed by atoms with E-state index < -0.39 is 17.9 Å². The first-order valence-electron chi connectivity index (χ1n) is 5.41. The average Bonchev–Trinajstić information content (AvgIpc) is 2.34. The number of carbonyl (C=O) groups excluding carboxylic acids is 2. The minimum Gasteiger partial charge on any atom is -0.370 e. The summed E-state index contributed by atoms with van der Waals surface area (Å²) in [6, 6.07) is 1.05. The van der Waals surface area contributed by atoms with Gasteiger partial charge in [-0.25, -0.2) is 4.98 Å². The van der Waals surface area contributed by atoms with Crippen molar-refractivity contribution in [2.45, 2.75) is 24.2 Å². The second-order valence-electron chi connectivity index (χ2n) is 3.92. The van der Waals surface area contributed by atoms with Gasteiger partial charge >= 0.3 is 0 Å². The molecule has 0 aromatic carbocycles. The number of piperidine rings is 1. The summed E-state index contributed by atoms with van der Waals surface area (Å²) in [4.78, 5) is 26.1. The van der Waals surface area contributed by atoms with Crippen molar-refractivity contribution in [2.75, 3.05) is 5.32 Å². The topological polar surface area (TPSA) is 71.1 Å². The van der Waals surface area contributed by atoms with Gasteiger partial charge in [-0.3, -0.25) is 14.9 Å². The summed E-state index contributed by atoms with van der Waals surface area (Å²) in [7, 11) is 0. The number of aromatic nitrogens is 1. The van der Waals surface area contributed by atoms with Gasteiger partial charge < -0.3 is 5.32 Å². The van der Waals surface area contributed by atoms with E-state index in [1.54, 1.807) is 6.07 Å². The van der Waals surface area contributed by atoms with Crippen molar-refractivity contribution in [3.05, 3.63) is 23.8 Å². The van der Waals surface area contributed by atoms with Gasteiger partial charge in [0.1, 0.15) is 6.04 Å². The first-order chi connectivity index (χ1) is 8.61. The quantitative estimate of drug-likeness (QED) is 0.501. The number of alkyl halides is 1. The summed E-state index contributed by atoms with van der Waals surface area (Å²) in [5.74, 6) is -1.39. The van der Waals surface area contributed by atoms with Crippen LogP contribution in [0.25, 0.3) is 0 Å². The molecular weight excluding hydrogens is 305 g/mol. The van der Waals surface area contributed by atoms with Gasteiger partial charge in [-0.2, -0.15) is 4.39 Å². The molecule has 0 aliphatic carbocycles. The van der Waals surface area contributed by atoms with Gasteiger partial charge in [0.2, 0.25) is 17.8 Å². The normalized spacial score (nSPS) is 19.6. The molecule has 0 radical (unpaired) electrons. The summed E-state index contributed by atoms with van der Waals surface area (Å²) in [5.41, 5.74) is 0.871. The maximum Gasteiger partial charge on any atom is 0.249 e. The molecule has 1 aliphatic rings. The Balaban J connectivity index is 2.19. The smallest absolute Gasteiger partial charge is 0.249 e. The predicted molar refractivity (Wildman–Crippen MR) is 66.6 cm³/mol. The number of hydrogen-bond donors (Lipinski definition) is 2. The molecule has 0 spiro atoms. The summed E-state index contributed by atoms with van der Waals surface area (Å²) < 4.78 is 13.6. The molecule has 0 bridgehead atoms. The molecule has 0 saturated carbocycles. The highest BCUT2D eigenvalue weighted by atomic mass is 79.9. The van der Waals surface area contributed by atoms with E-state index in [1.807, 2.05) is 0 Å². The number of amides is 2. The van der Waals surface area contributed by atoms with Gasteiger partial charge in [0.15, 0.2) is 0 Å². The average molecular weight is 316 g/mol. The number of anilines is 1. The first kappa shape index (κ1) is 12.9. The number of nitrogens with one attached hydrogen (secondary N) is 2. The van der Waals surface area contributed by atoms with Gasteiger partial charge in [-0.05, 0) is 18.1 Å². The molecule has 96 valence electrons. The Labute approximate surface area is 111 Å². The Kier molecular flexibility index (Phi) is 3.90. The zero-order chi connectivity index (χ0) is 13.1. The van der Waals surface area contributed by atoms with Gasteiger partial charge in [0, 0.05) is 17.9 Å². The van der Waals surface area contributed by atoms with Gasteiger partial charge in [-0.1, -0.05) is 15.9 Å². The van der Waals surface area contributed by atoms with E-state index in [0.29, 0.717) is 17.3 Å². The van der Waals surface area contributed by atoms with Crippen molar-refractivity contribution in [1.82, 2.24) is 10.3 Å². The van der Waals surface area contributed by atoms with Crippen LogP contribution in [-0.2, 0) is 14.9 Å². The zero-order valence-electron chi connectivity index (χ0n) is 9.37. The minimum atomic E-state index is -0.656. The number of hydrogen-bond acceptors (Lipinski definition) is 4. The molecule has 7 heteroatoms. The maximum absolute atomic E-state index is 13.6. The molecule has 2 rings (SSSR count). The highest BCUT2D eigenvalue weighted by Gasteiger charge is 2.27. The van der Waals surface area contributed by atoms with E-state index in [0.717, 1.165) is 0 Å². The fourth-order valence-electron chi connectivity index (χ4n) is 1.74. The van der Waals surface area contributed by atoms with Gasteiger partial charge in [0.05, 0.1) is 5.69 Å². The number of carbonyl (C=O) groups is 2. The molecule has 1 aliphatic heterocycles. The molecule has 1 unspecified atom stereocenters. The Bertz CT molecular complexity index is 495. The molecule has 18 heavy (non-hydrogen) atoms.